The van der Waals surface area contributed by atoms with Crippen molar-refractivity contribution < 1.29 is 14.0 Å². The van der Waals surface area contributed by atoms with Gasteiger partial charge in [-0.3, -0.25) is 9.59 Å². The summed E-state index contributed by atoms with van der Waals surface area (Å²) in [6.07, 6.45) is 1.70. The molecule has 114 valence electrons. The molecule has 0 aliphatic carbocycles. The molecule has 1 aromatic rings. The minimum absolute atomic E-state index is 0.00753. The van der Waals surface area contributed by atoms with E-state index in [1.807, 2.05) is 0 Å². The Morgan fingerprint density at radius 2 is 2.14 bits per heavy atom. The van der Waals surface area contributed by atoms with E-state index in [9.17, 15) is 14.0 Å². The molecule has 21 heavy (non-hydrogen) atoms. The summed E-state index contributed by atoms with van der Waals surface area (Å²) in [5.41, 5.74) is 0.734. The molecule has 1 fully saturated rings. The number of hydrogen-bond donors (Lipinski definition) is 2. The van der Waals surface area contributed by atoms with Crippen molar-refractivity contribution in [3.8, 4) is 0 Å². The van der Waals surface area contributed by atoms with Crippen LogP contribution in [0.3, 0.4) is 0 Å². The summed E-state index contributed by atoms with van der Waals surface area (Å²) in [7, 11) is 3.49. The molecule has 5 nitrogen and oxygen atoms in total. The van der Waals surface area contributed by atoms with Crippen LogP contribution in [0, 0.1) is 5.82 Å². The fourth-order valence-corrected chi connectivity index (χ4v) is 2.35. The molecule has 0 saturated carbocycles. The van der Waals surface area contributed by atoms with Gasteiger partial charge in [0.25, 0.3) is 5.91 Å². The molecule has 1 saturated heterocycles. The first-order valence-corrected chi connectivity index (χ1v) is 7.02. The summed E-state index contributed by atoms with van der Waals surface area (Å²) in [4.78, 5) is 25.0. The van der Waals surface area contributed by atoms with E-state index in [0.717, 1.165) is 0 Å². The van der Waals surface area contributed by atoms with Crippen LogP contribution in [0.2, 0.25) is 0 Å². The molecule has 1 aliphatic rings. The maximum absolute atomic E-state index is 13.9. The normalized spacial score (nSPS) is 18.6. The third-order valence-electron chi connectivity index (χ3n) is 3.56. The van der Waals surface area contributed by atoms with Gasteiger partial charge in [0.05, 0.1) is 5.69 Å². The lowest BCUT2D eigenvalue weighted by molar-refractivity contribution is -0.120. The van der Waals surface area contributed by atoms with Gasteiger partial charge in [0.1, 0.15) is 5.82 Å². The summed E-state index contributed by atoms with van der Waals surface area (Å²) < 4.78 is 13.9. The summed E-state index contributed by atoms with van der Waals surface area (Å²) >= 11 is 0. The Labute approximate surface area is 123 Å². The van der Waals surface area contributed by atoms with Gasteiger partial charge >= 0.3 is 0 Å². The number of anilines is 1. The van der Waals surface area contributed by atoms with Crippen molar-refractivity contribution >= 4 is 17.5 Å². The number of rotatable bonds is 3. The summed E-state index contributed by atoms with van der Waals surface area (Å²) in [6, 6.07) is 4.37. The first-order chi connectivity index (χ1) is 9.97. The predicted molar refractivity (Wildman–Crippen MR) is 78.8 cm³/mol. The van der Waals surface area contributed by atoms with Crippen LogP contribution in [-0.2, 0) is 4.79 Å². The Hall–Kier alpha value is -2.11. The van der Waals surface area contributed by atoms with Crippen LogP contribution in [0.15, 0.2) is 18.2 Å². The summed E-state index contributed by atoms with van der Waals surface area (Å²) in [5, 5.41) is 5.62. The zero-order valence-corrected chi connectivity index (χ0v) is 12.3. The smallest absolute Gasteiger partial charge is 0.251 e. The third kappa shape index (κ3) is 3.93. The monoisotopic (exact) mass is 293 g/mol. The molecule has 1 unspecified atom stereocenters. The van der Waals surface area contributed by atoms with Gasteiger partial charge in [-0.15, -0.1) is 0 Å². The summed E-state index contributed by atoms with van der Waals surface area (Å²) in [6.45, 7) is 0.553. The zero-order valence-electron chi connectivity index (χ0n) is 12.3. The molecule has 2 rings (SSSR count). The van der Waals surface area contributed by atoms with Crippen molar-refractivity contribution in [3.05, 3.63) is 29.6 Å². The van der Waals surface area contributed by atoms with Crippen LogP contribution in [0.25, 0.3) is 0 Å². The average Bonchev–Trinajstić information content (AvgIpc) is 2.63. The first-order valence-electron chi connectivity index (χ1n) is 7.02. The van der Waals surface area contributed by atoms with Crippen LogP contribution in [0.5, 0.6) is 0 Å². The van der Waals surface area contributed by atoms with Crippen molar-refractivity contribution in [3.63, 3.8) is 0 Å². The number of nitrogens with zero attached hydrogens (tertiary/aromatic N) is 1. The lowest BCUT2D eigenvalue weighted by Gasteiger charge is -2.17. The molecule has 2 amide bonds. The number of carbonyl (C=O) groups is 2. The van der Waals surface area contributed by atoms with Crippen LogP contribution in [0.1, 0.15) is 29.6 Å². The lowest BCUT2D eigenvalue weighted by Crippen LogP contribution is -2.35. The van der Waals surface area contributed by atoms with Crippen LogP contribution in [0.4, 0.5) is 10.1 Å². The first kappa shape index (κ1) is 15.3. The molecule has 1 heterocycles. The highest BCUT2D eigenvalue weighted by molar-refractivity contribution is 5.94. The molecule has 0 radical (unpaired) electrons. The molecule has 0 spiro atoms. The molecule has 1 aromatic carbocycles. The second-order valence-corrected chi connectivity index (χ2v) is 5.41. The average molecular weight is 293 g/mol. The topological polar surface area (TPSA) is 61.4 Å². The Balaban J connectivity index is 2.03. The highest BCUT2D eigenvalue weighted by atomic mass is 19.1. The van der Waals surface area contributed by atoms with E-state index < -0.39 is 5.82 Å². The van der Waals surface area contributed by atoms with Crippen molar-refractivity contribution in [1.82, 2.24) is 10.6 Å². The van der Waals surface area contributed by atoms with E-state index >= 15 is 0 Å². The quantitative estimate of drug-likeness (QED) is 0.883. The fourth-order valence-electron chi connectivity index (χ4n) is 2.35. The number of hydrogen-bond acceptors (Lipinski definition) is 3. The number of halogens is 1. The van der Waals surface area contributed by atoms with Gasteiger partial charge in [-0.25, -0.2) is 4.39 Å². The predicted octanol–water partition coefficient (Wildman–Crippen LogP) is 1.29. The van der Waals surface area contributed by atoms with E-state index in [4.69, 9.17) is 0 Å². The second-order valence-electron chi connectivity index (χ2n) is 5.41. The summed E-state index contributed by atoms with van der Waals surface area (Å²) in [5.74, 6) is -0.725. The van der Waals surface area contributed by atoms with E-state index in [-0.39, 0.29) is 17.9 Å². The van der Waals surface area contributed by atoms with Crippen molar-refractivity contribution in [2.24, 2.45) is 0 Å². The number of nitrogens with one attached hydrogen (secondary N) is 2. The number of carbonyl (C=O) groups excluding carboxylic acids is 2. The molecular weight excluding hydrogens is 273 g/mol. The van der Waals surface area contributed by atoms with Gasteiger partial charge in [0, 0.05) is 38.7 Å². The number of benzene rings is 1. The Morgan fingerprint density at radius 1 is 1.38 bits per heavy atom. The Bertz CT molecular complexity index is 546. The largest absolute Gasteiger partial charge is 0.375 e. The van der Waals surface area contributed by atoms with E-state index in [1.54, 1.807) is 31.1 Å². The van der Waals surface area contributed by atoms with Gasteiger partial charge in [-0.1, -0.05) is 0 Å². The minimum Gasteiger partial charge on any atom is -0.375 e. The lowest BCUT2D eigenvalue weighted by atomic mass is 10.1. The molecular formula is C15H20FN3O2. The molecule has 2 N–H and O–H groups in total. The third-order valence-corrected chi connectivity index (χ3v) is 3.56. The molecule has 0 aromatic heterocycles. The van der Waals surface area contributed by atoms with Crippen LogP contribution < -0.4 is 15.5 Å². The Kier molecular flexibility index (Phi) is 4.77. The standard InChI is InChI=1S/C15H20FN3O2/c1-19(2)13-5-3-10(9-12(13)16)15(21)18-11-4-6-14(20)17-8-7-11/h3,5,9,11H,4,6-8H2,1-2H3,(H,17,20)(H,18,21). The molecule has 1 aliphatic heterocycles. The van der Waals surface area contributed by atoms with Gasteiger partial charge in [0.15, 0.2) is 0 Å². The van der Waals surface area contributed by atoms with Crippen LogP contribution >= 0.6 is 0 Å². The van der Waals surface area contributed by atoms with Gasteiger partial charge in [0.2, 0.25) is 5.91 Å². The van der Waals surface area contributed by atoms with E-state index in [0.29, 0.717) is 37.1 Å². The SMILES string of the molecule is CN(C)c1ccc(C(=O)NC2CCNC(=O)CC2)cc1F. The highest BCUT2D eigenvalue weighted by Gasteiger charge is 2.19. The maximum atomic E-state index is 13.9. The van der Waals surface area contributed by atoms with E-state index in [2.05, 4.69) is 10.6 Å². The maximum Gasteiger partial charge on any atom is 0.251 e. The highest BCUT2D eigenvalue weighted by Crippen LogP contribution is 2.18. The fraction of sp³-hybridized carbons (Fsp3) is 0.467. The number of amides is 2. The van der Waals surface area contributed by atoms with Crippen molar-refractivity contribution in [1.29, 1.82) is 0 Å². The van der Waals surface area contributed by atoms with Crippen molar-refractivity contribution in [2.75, 3.05) is 25.5 Å². The van der Waals surface area contributed by atoms with Gasteiger partial charge < -0.3 is 15.5 Å². The van der Waals surface area contributed by atoms with Crippen LogP contribution in [-0.4, -0.2) is 38.5 Å². The van der Waals surface area contributed by atoms with Gasteiger partial charge in [-0.05, 0) is 31.0 Å². The second kappa shape index (κ2) is 6.56. The van der Waals surface area contributed by atoms with E-state index in [1.165, 1.54) is 6.07 Å². The molecule has 1 atom stereocenters. The van der Waals surface area contributed by atoms with Crippen molar-refractivity contribution in [2.45, 2.75) is 25.3 Å². The van der Waals surface area contributed by atoms with Gasteiger partial charge in [-0.2, -0.15) is 0 Å². The molecule has 0 bridgehead atoms. The Morgan fingerprint density at radius 3 is 2.81 bits per heavy atom. The molecule has 6 heteroatoms. The minimum atomic E-state index is -0.426. The zero-order chi connectivity index (χ0) is 15.4.